The van der Waals surface area contributed by atoms with Gasteiger partial charge in [-0.3, -0.25) is 0 Å². The third-order valence-corrected chi connectivity index (χ3v) is 0.968. The number of rotatable bonds is 0. The van der Waals surface area contributed by atoms with Crippen LogP contribution in [0.1, 0.15) is 1.43 Å². The maximum Gasteiger partial charge on any atom is 1.00 e. The normalized spacial score (nSPS) is 16.8. The van der Waals surface area contributed by atoms with E-state index in [0.717, 1.165) is 0 Å². The molecule has 1 N–H and O–H groups in total. The van der Waals surface area contributed by atoms with Crippen LogP contribution in [-0.2, 0) is 4.74 Å². The van der Waals surface area contributed by atoms with E-state index >= 15 is 0 Å². The summed E-state index contributed by atoms with van der Waals surface area (Å²) in [6.45, 7) is 0.464. The van der Waals surface area contributed by atoms with Crippen LogP contribution in [0.15, 0.2) is 11.3 Å². The Balaban J connectivity index is 0. The molecule has 0 saturated heterocycles. The van der Waals surface area contributed by atoms with E-state index in [9.17, 15) is 0 Å². The van der Waals surface area contributed by atoms with Gasteiger partial charge in [-0.1, -0.05) is 0 Å². The van der Waals surface area contributed by atoms with E-state index in [-0.39, 0.29) is 71.8 Å². The second-order valence-electron chi connectivity index (χ2n) is 1.53. The van der Waals surface area contributed by atoms with Crippen molar-refractivity contribution in [2.24, 2.45) is 0 Å². The molecule has 0 radical (unpaired) electrons. The molecule has 0 aromatic rings. The summed E-state index contributed by atoms with van der Waals surface area (Å²) >= 11 is 0. The Hall–Kier alpha value is 0.626. The van der Waals surface area contributed by atoms with Gasteiger partial charge >= 0.3 is 51.4 Å². The molecule has 0 bridgehead atoms. The van der Waals surface area contributed by atoms with Crippen LogP contribution >= 0.6 is 0 Å². The maximum absolute atomic E-state index is 8.72. The van der Waals surface area contributed by atoms with E-state index in [1.54, 1.807) is 0 Å². The zero-order chi connectivity index (χ0) is 5.98. The van der Waals surface area contributed by atoms with Crippen molar-refractivity contribution in [2.75, 3.05) is 13.2 Å². The minimum atomic E-state index is 0. The predicted octanol–water partition coefficient (Wildman–Crippen LogP) is -2.53. The fraction of sp³-hybridized carbons (Fsp3) is 0.400. The van der Waals surface area contributed by atoms with Gasteiger partial charge in [-0.05, 0) is 0 Å². The van der Waals surface area contributed by atoms with Crippen molar-refractivity contribution in [1.29, 1.82) is 5.26 Å². The molecule has 0 amide bonds. The van der Waals surface area contributed by atoms with Crippen molar-refractivity contribution < 1.29 is 62.7 Å². The first kappa shape index (κ1) is 9.63. The summed E-state index contributed by atoms with van der Waals surface area (Å²) in [5.74, 6) is 0.0764. The summed E-state index contributed by atoms with van der Waals surface area (Å²) in [6.07, 6.45) is 0. The number of hydrogen-bond donors (Lipinski definition) is 1. The molecule has 0 unspecified atom stereocenters. The molecule has 0 spiro atoms. The molecule has 9 heavy (non-hydrogen) atoms. The first-order chi connectivity index (χ1) is 3.84. The van der Waals surface area contributed by atoms with Gasteiger partial charge in [0.1, 0.15) is 18.4 Å². The van der Waals surface area contributed by atoms with Crippen LogP contribution in [0.2, 0.25) is 0 Å². The average Bonchev–Trinajstić information content (AvgIpc) is 2.14. The Bertz CT molecular complexity index is 175. The fourth-order valence-corrected chi connectivity index (χ4v) is 0.517. The summed E-state index contributed by atoms with van der Waals surface area (Å²) in [6, 6.07) is 1.82. The van der Waals surface area contributed by atoms with Crippen LogP contribution in [-0.4, -0.2) is 18.3 Å². The van der Waals surface area contributed by atoms with Gasteiger partial charge in [-0.25, -0.2) is 0 Å². The number of aliphatic hydroxyl groups excluding tert-OH is 1. The molecule has 3 nitrogen and oxygen atoms in total. The van der Waals surface area contributed by atoms with E-state index in [2.05, 4.69) is 0 Å². The fourth-order valence-electron chi connectivity index (χ4n) is 0.517. The number of hydrogen-bond acceptors (Lipinski definition) is 3. The Morgan fingerprint density at radius 1 is 1.67 bits per heavy atom. The third kappa shape index (κ3) is 2.38. The smallest absolute Gasteiger partial charge is 1.00 e. The first-order valence-corrected chi connectivity index (χ1v) is 2.23. The number of nitriles is 1. The zero-order valence-corrected chi connectivity index (χ0v) is 8.34. The van der Waals surface area contributed by atoms with Crippen molar-refractivity contribution in [3.8, 4) is 6.07 Å². The average molecular weight is 151 g/mol. The second-order valence-corrected chi connectivity index (χ2v) is 1.53. The van der Waals surface area contributed by atoms with Gasteiger partial charge in [-0.2, -0.15) is 5.26 Å². The molecular formula is C5H6KNO2. The first-order valence-electron chi connectivity index (χ1n) is 2.23. The SMILES string of the molecule is N#CC1=C(O)COC1.[H-].[K+]. The van der Waals surface area contributed by atoms with Gasteiger partial charge in [0.05, 0.1) is 12.2 Å². The van der Waals surface area contributed by atoms with E-state index in [4.69, 9.17) is 15.1 Å². The minimum Gasteiger partial charge on any atom is -1.00 e. The van der Waals surface area contributed by atoms with Crippen LogP contribution in [0.5, 0.6) is 0 Å². The summed E-state index contributed by atoms with van der Waals surface area (Å²) in [5, 5.41) is 16.9. The van der Waals surface area contributed by atoms with Crippen LogP contribution < -0.4 is 51.4 Å². The zero-order valence-electron chi connectivity index (χ0n) is 6.22. The number of aliphatic hydroxyl groups is 1. The molecule has 1 heterocycles. The van der Waals surface area contributed by atoms with Crippen LogP contribution in [0.25, 0.3) is 0 Å². The standard InChI is InChI=1S/C5H5NO2.K.H/c6-1-4-2-8-3-5(4)7;;/h7H,2-3H2;;/q;+1;-1. The quantitative estimate of drug-likeness (QED) is 0.388. The van der Waals surface area contributed by atoms with Crippen LogP contribution in [0.3, 0.4) is 0 Å². The molecule has 0 aromatic carbocycles. The van der Waals surface area contributed by atoms with Gasteiger partial charge < -0.3 is 11.3 Å². The molecule has 0 aliphatic carbocycles. The van der Waals surface area contributed by atoms with Crippen LogP contribution in [0, 0.1) is 11.3 Å². The van der Waals surface area contributed by atoms with Crippen molar-refractivity contribution in [3.05, 3.63) is 11.3 Å². The van der Waals surface area contributed by atoms with E-state index in [0.29, 0.717) is 5.57 Å². The summed E-state index contributed by atoms with van der Waals surface area (Å²) in [7, 11) is 0. The molecule has 0 aromatic heterocycles. The molecule has 1 aliphatic heterocycles. The van der Waals surface area contributed by atoms with Crippen molar-refractivity contribution in [2.45, 2.75) is 0 Å². The van der Waals surface area contributed by atoms with E-state index < -0.39 is 0 Å². The largest absolute Gasteiger partial charge is 1.00 e. The molecule has 0 atom stereocenters. The second kappa shape index (κ2) is 4.44. The van der Waals surface area contributed by atoms with E-state index in [1.807, 2.05) is 6.07 Å². The molecule has 1 rings (SSSR count). The monoisotopic (exact) mass is 151 g/mol. The van der Waals surface area contributed by atoms with Crippen molar-refractivity contribution >= 4 is 0 Å². The van der Waals surface area contributed by atoms with Crippen LogP contribution in [0.4, 0.5) is 0 Å². The van der Waals surface area contributed by atoms with Gasteiger partial charge in [0.2, 0.25) is 0 Å². The van der Waals surface area contributed by atoms with Gasteiger partial charge in [0.15, 0.2) is 0 Å². The molecular weight excluding hydrogens is 145 g/mol. The number of nitrogens with zero attached hydrogens (tertiary/aromatic N) is 1. The molecule has 44 valence electrons. The molecule has 0 fully saturated rings. The third-order valence-electron chi connectivity index (χ3n) is 0.968. The Kier molecular flexibility index (Phi) is 4.75. The Morgan fingerprint density at radius 2 is 2.33 bits per heavy atom. The van der Waals surface area contributed by atoms with Crippen molar-refractivity contribution in [1.82, 2.24) is 0 Å². The summed E-state index contributed by atoms with van der Waals surface area (Å²) in [5.41, 5.74) is 0.352. The van der Waals surface area contributed by atoms with Gasteiger partial charge in [-0.15, -0.1) is 0 Å². The molecule has 1 aliphatic rings. The van der Waals surface area contributed by atoms with E-state index in [1.165, 1.54) is 0 Å². The van der Waals surface area contributed by atoms with Gasteiger partial charge in [0.25, 0.3) is 0 Å². The molecule has 0 saturated carbocycles. The topological polar surface area (TPSA) is 53.2 Å². The summed E-state index contributed by atoms with van der Waals surface area (Å²) < 4.78 is 4.71. The predicted molar refractivity (Wildman–Crippen MR) is 27.2 cm³/mol. The minimum absolute atomic E-state index is 0. The summed E-state index contributed by atoms with van der Waals surface area (Å²) in [4.78, 5) is 0. The maximum atomic E-state index is 8.72. The molecule has 4 heteroatoms. The Labute approximate surface area is 97.2 Å². The van der Waals surface area contributed by atoms with Crippen molar-refractivity contribution in [3.63, 3.8) is 0 Å². The van der Waals surface area contributed by atoms with Gasteiger partial charge in [0, 0.05) is 0 Å². The Morgan fingerprint density at radius 3 is 2.56 bits per heavy atom. The number of ether oxygens (including phenoxy) is 1.